The standard InChI is InChI=1S/C19H23N3O4S/c1-14-7-9-15(10-8-14)21-18(23)13-22(2)19(24)12-20-16-5-4-6-17(11-16)27(3,25)26/h4-11,20H,12-13H2,1-3H3,(H,21,23). The van der Waals surface area contributed by atoms with Crippen molar-refractivity contribution in [3.05, 3.63) is 54.1 Å². The Labute approximate surface area is 159 Å². The van der Waals surface area contributed by atoms with Crippen molar-refractivity contribution in [2.24, 2.45) is 0 Å². The number of rotatable bonds is 7. The Hall–Kier alpha value is -2.87. The van der Waals surface area contributed by atoms with Crippen LogP contribution in [0.3, 0.4) is 0 Å². The van der Waals surface area contributed by atoms with Crippen molar-refractivity contribution in [3.63, 3.8) is 0 Å². The van der Waals surface area contributed by atoms with Gasteiger partial charge in [0.1, 0.15) is 0 Å². The summed E-state index contributed by atoms with van der Waals surface area (Å²) in [6, 6.07) is 13.6. The van der Waals surface area contributed by atoms with E-state index in [1.165, 1.54) is 24.1 Å². The Bertz CT molecular complexity index is 924. The second kappa shape index (κ2) is 8.68. The molecule has 0 aliphatic rings. The van der Waals surface area contributed by atoms with Crippen LogP contribution in [0.1, 0.15) is 5.56 Å². The molecule has 0 radical (unpaired) electrons. The molecule has 0 aliphatic heterocycles. The lowest BCUT2D eigenvalue weighted by Gasteiger charge is -2.17. The quantitative estimate of drug-likeness (QED) is 0.754. The summed E-state index contributed by atoms with van der Waals surface area (Å²) in [5.41, 5.74) is 2.28. The number of hydrogen-bond donors (Lipinski definition) is 2. The van der Waals surface area contributed by atoms with Crippen molar-refractivity contribution < 1.29 is 18.0 Å². The van der Waals surface area contributed by atoms with Crippen LogP contribution in [0.15, 0.2) is 53.4 Å². The minimum absolute atomic E-state index is 0.0540. The van der Waals surface area contributed by atoms with Crippen molar-refractivity contribution in [1.29, 1.82) is 0 Å². The van der Waals surface area contributed by atoms with Gasteiger partial charge >= 0.3 is 0 Å². The second-order valence-corrected chi connectivity index (χ2v) is 8.33. The van der Waals surface area contributed by atoms with Crippen LogP contribution >= 0.6 is 0 Å². The number of carbonyl (C=O) groups is 2. The van der Waals surface area contributed by atoms with E-state index in [9.17, 15) is 18.0 Å². The second-order valence-electron chi connectivity index (χ2n) is 6.32. The first-order valence-corrected chi connectivity index (χ1v) is 10.2. The summed E-state index contributed by atoms with van der Waals surface area (Å²) in [5, 5.41) is 5.61. The molecule has 8 heteroatoms. The minimum Gasteiger partial charge on any atom is -0.376 e. The first kappa shape index (κ1) is 20.4. The van der Waals surface area contributed by atoms with Gasteiger partial charge in [-0.3, -0.25) is 9.59 Å². The minimum atomic E-state index is -3.32. The molecule has 0 aliphatic carbocycles. The number of nitrogens with one attached hydrogen (secondary N) is 2. The van der Waals surface area contributed by atoms with Crippen molar-refractivity contribution in [1.82, 2.24) is 4.90 Å². The van der Waals surface area contributed by atoms with E-state index in [0.29, 0.717) is 11.4 Å². The van der Waals surface area contributed by atoms with Crippen molar-refractivity contribution in [2.75, 3.05) is 37.0 Å². The van der Waals surface area contributed by atoms with Crippen LogP contribution in [-0.2, 0) is 19.4 Å². The summed E-state index contributed by atoms with van der Waals surface area (Å²) in [7, 11) is -1.78. The molecule has 7 nitrogen and oxygen atoms in total. The summed E-state index contributed by atoms with van der Waals surface area (Å²) in [5.74, 6) is -0.590. The van der Waals surface area contributed by atoms with Gasteiger partial charge in [0.25, 0.3) is 0 Å². The molecule has 0 saturated carbocycles. The zero-order chi connectivity index (χ0) is 20.0. The molecule has 144 valence electrons. The molecule has 0 unspecified atom stereocenters. The maximum Gasteiger partial charge on any atom is 0.243 e. The summed E-state index contributed by atoms with van der Waals surface area (Å²) < 4.78 is 23.1. The first-order valence-electron chi connectivity index (χ1n) is 8.29. The first-order chi connectivity index (χ1) is 12.6. The number of benzene rings is 2. The zero-order valence-electron chi connectivity index (χ0n) is 15.5. The Morgan fingerprint density at radius 3 is 2.33 bits per heavy atom. The number of nitrogens with zero attached hydrogens (tertiary/aromatic N) is 1. The van der Waals surface area contributed by atoms with E-state index in [2.05, 4.69) is 10.6 Å². The van der Waals surface area contributed by atoms with E-state index in [0.717, 1.165) is 11.8 Å². The number of sulfone groups is 1. The summed E-state index contributed by atoms with van der Waals surface area (Å²) in [6.07, 6.45) is 1.12. The highest BCUT2D eigenvalue weighted by molar-refractivity contribution is 7.90. The lowest BCUT2D eigenvalue weighted by atomic mass is 10.2. The third-order valence-electron chi connectivity index (χ3n) is 3.85. The molecule has 0 bridgehead atoms. The van der Waals surface area contributed by atoms with E-state index in [4.69, 9.17) is 0 Å². The molecule has 0 heterocycles. The van der Waals surface area contributed by atoms with Crippen LogP contribution < -0.4 is 10.6 Å². The molecule has 2 N–H and O–H groups in total. The fourth-order valence-electron chi connectivity index (χ4n) is 2.29. The lowest BCUT2D eigenvalue weighted by Crippen LogP contribution is -2.38. The van der Waals surface area contributed by atoms with Gasteiger partial charge in [-0.25, -0.2) is 8.42 Å². The van der Waals surface area contributed by atoms with Crippen LogP contribution in [0.25, 0.3) is 0 Å². The van der Waals surface area contributed by atoms with Crippen LogP contribution in [0.2, 0.25) is 0 Å². The number of amides is 2. The molecule has 2 amide bonds. The maximum absolute atomic E-state index is 12.2. The summed E-state index contributed by atoms with van der Waals surface area (Å²) in [6.45, 7) is 1.82. The van der Waals surface area contributed by atoms with Gasteiger partial charge in [0.05, 0.1) is 18.0 Å². The van der Waals surface area contributed by atoms with Gasteiger partial charge in [-0.05, 0) is 37.3 Å². The maximum atomic E-state index is 12.2. The van der Waals surface area contributed by atoms with Crippen molar-refractivity contribution in [2.45, 2.75) is 11.8 Å². The van der Waals surface area contributed by atoms with Gasteiger partial charge in [0.15, 0.2) is 9.84 Å². The van der Waals surface area contributed by atoms with Gasteiger partial charge in [-0.15, -0.1) is 0 Å². The molecule has 0 spiro atoms. The van der Waals surface area contributed by atoms with Gasteiger partial charge < -0.3 is 15.5 Å². The van der Waals surface area contributed by atoms with Gasteiger partial charge in [0.2, 0.25) is 11.8 Å². The zero-order valence-corrected chi connectivity index (χ0v) is 16.3. The predicted molar refractivity (Wildman–Crippen MR) is 105 cm³/mol. The molecular formula is C19H23N3O4S. The molecule has 0 fully saturated rings. The Morgan fingerprint density at radius 1 is 1.04 bits per heavy atom. The summed E-state index contributed by atoms with van der Waals surface area (Å²) >= 11 is 0. The average molecular weight is 389 g/mol. The van der Waals surface area contributed by atoms with E-state index >= 15 is 0 Å². The van der Waals surface area contributed by atoms with E-state index < -0.39 is 9.84 Å². The number of aryl methyl sites for hydroxylation is 1. The highest BCUT2D eigenvalue weighted by Crippen LogP contribution is 2.15. The predicted octanol–water partition coefficient (Wildman–Crippen LogP) is 1.91. The van der Waals surface area contributed by atoms with Crippen LogP contribution in [-0.4, -0.2) is 51.5 Å². The fraction of sp³-hybridized carbons (Fsp3) is 0.263. The topological polar surface area (TPSA) is 95.6 Å². The molecular weight excluding hydrogens is 366 g/mol. The highest BCUT2D eigenvalue weighted by Gasteiger charge is 2.13. The number of carbonyl (C=O) groups excluding carboxylic acids is 2. The SMILES string of the molecule is Cc1ccc(NC(=O)CN(C)C(=O)CNc2cccc(S(C)(=O)=O)c2)cc1. The lowest BCUT2D eigenvalue weighted by molar-refractivity contribution is -0.131. The smallest absolute Gasteiger partial charge is 0.243 e. The third kappa shape index (κ3) is 6.41. The molecule has 27 heavy (non-hydrogen) atoms. The molecule has 0 atom stereocenters. The monoisotopic (exact) mass is 389 g/mol. The number of likely N-dealkylation sites (N-methyl/N-ethyl adjacent to an activating group) is 1. The summed E-state index contributed by atoms with van der Waals surface area (Å²) in [4.78, 5) is 25.7. The normalized spacial score (nSPS) is 10.9. The van der Waals surface area contributed by atoms with Gasteiger partial charge in [-0.2, -0.15) is 0 Å². The molecule has 2 aromatic carbocycles. The molecule has 0 aromatic heterocycles. The highest BCUT2D eigenvalue weighted by atomic mass is 32.2. The van der Waals surface area contributed by atoms with Gasteiger partial charge in [0, 0.05) is 24.7 Å². The average Bonchev–Trinajstić information content (AvgIpc) is 2.61. The van der Waals surface area contributed by atoms with Gasteiger partial charge in [-0.1, -0.05) is 23.8 Å². The fourth-order valence-corrected chi connectivity index (χ4v) is 2.96. The number of anilines is 2. The molecule has 2 aromatic rings. The van der Waals surface area contributed by atoms with Crippen LogP contribution in [0.5, 0.6) is 0 Å². The number of hydrogen-bond acceptors (Lipinski definition) is 5. The third-order valence-corrected chi connectivity index (χ3v) is 4.96. The Kier molecular flexibility index (Phi) is 6.57. The largest absolute Gasteiger partial charge is 0.376 e. The Morgan fingerprint density at radius 2 is 1.70 bits per heavy atom. The van der Waals surface area contributed by atoms with E-state index in [1.807, 2.05) is 19.1 Å². The van der Waals surface area contributed by atoms with E-state index in [-0.39, 0.29) is 29.8 Å². The molecule has 0 saturated heterocycles. The molecule has 2 rings (SSSR count). The van der Waals surface area contributed by atoms with Crippen molar-refractivity contribution >= 4 is 33.0 Å². The van der Waals surface area contributed by atoms with Crippen molar-refractivity contribution in [3.8, 4) is 0 Å². The Balaban J connectivity index is 1.86. The van der Waals surface area contributed by atoms with Crippen LogP contribution in [0, 0.1) is 6.92 Å². The van der Waals surface area contributed by atoms with Crippen LogP contribution in [0.4, 0.5) is 11.4 Å². The van der Waals surface area contributed by atoms with E-state index in [1.54, 1.807) is 24.3 Å².